The Morgan fingerprint density at radius 2 is 2.00 bits per heavy atom. The SMILES string of the molecule is Cc1cccnc1C(=O)Nc1ccc(C(=O)O)nc1. The summed E-state index contributed by atoms with van der Waals surface area (Å²) in [6, 6.07) is 6.33. The normalized spacial score (nSPS) is 9.95. The van der Waals surface area contributed by atoms with E-state index in [9.17, 15) is 9.59 Å². The highest BCUT2D eigenvalue weighted by Gasteiger charge is 2.11. The predicted octanol–water partition coefficient (Wildman–Crippen LogP) is 1.74. The van der Waals surface area contributed by atoms with E-state index >= 15 is 0 Å². The zero-order valence-electron chi connectivity index (χ0n) is 10.1. The van der Waals surface area contributed by atoms with Crippen LogP contribution >= 0.6 is 0 Å². The van der Waals surface area contributed by atoms with Crippen LogP contribution < -0.4 is 5.32 Å². The molecule has 2 aromatic rings. The molecule has 2 aromatic heterocycles. The van der Waals surface area contributed by atoms with E-state index in [1.165, 1.54) is 24.5 Å². The van der Waals surface area contributed by atoms with Crippen LogP contribution in [0.2, 0.25) is 0 Å². The smallest absolute Gasteiger partial charge is 0.354 e. The van der Waals surface area contributed by atoms with Gasteiger partial charge >= 0.3 is 5.97 Å². The third kappa shape index (κ3) is 2.92. The average molecular weight is 257 g/mol. The maximum absolute atomic E-state index is 11.9. The van der Waals surface area contributed by atoms with E-state index in [1.807, 2.05) is 0 Å². The molecule has 0 unspecified atom stereocenters. The molecule has 0 saturated heterocycles. The van der Waals surface area contributed by atoms with Crippen molar-refractivity contribution in [3.63, 3.8) is 0 Å². The molecule has 2 N–H and O–H groups in total. The lowest BCUT2D eigenvalue weighted by atomic mass is 10.2. The maximum atomic E-state index is 11.9. The Morgan fingerprint density at radius 3 is 2.58 bits per heavy atom. The molecule has 96 valence electrons. The highest BCUT2D eigenvalue weighted by molar-refractivity contribution is 6.03. The monoisotopic (exact) mass is 257 g/mol. The Hall–Kier alpha value is -2.76. The zero-order chi connectivity index (χ0) is 13.8. The van der Waals surface area contributed by atoms with Crippen molar-refractivity contribution in [1.82, 2.24) is 9.97 Å². The maximum Gasteiger partial charge on any atom is 0.354 e. The number of carbonyl (C=O) groups excluding carboxylic acids is 1. The molecule has 0 aromatic carbocycles. The molecule has 0 spiro atoms. The number of hydrogen-bond donors (Lipinski definition) is 2. The van der Waals surface area contributed by atoms with E-state index in [4.69, 9.17) is 5.11 Å². The summed E-state index contributed by atoms with van der Waals surface area (Å²) in [7, 11) is 0. The van der Waals surface area contributed by atoms with E-state index < -0.39 is 5.97 Å². The first-order valence-electron chi connectivity index (χ1n) is 5.50. The van der Waals surface area contributed by atoms with E-state index in [1.54, 1.807) is 19.1 Å². The minimum absolute atomic E-state index is 0.0768. The zero-order valence-corrected chi connectivity index (χ0v) is 10.1. The number of hydrogen-bond acceptors (Lipinski definition) is 4. The number of aryl methyl sites for hydroxylation is 1. The second-order valence-corrected chi connectivity index (χ2v) is 3.86. The van der Waals surface area contributed by atoms with Crippen LogP contribution in [-0.2, 0) is 0 Å². The van der Waals surface area contributed by atoms with E-state index in [2.05, 4.69) is 15.3 Å². The molecule has 0 radical (unpaired) electrons. The average Bonchev–Trinajstić information content (AvgIpc) is 2.39. The molecular formula is C13H11N3O3. The first kappa shape index (κ1) is 12.7. The van der Waals surface area contributed by atoms with Crippen LogP contribution in [0.4, 0.5) is 5.69 Å². The molecule has 1 amide bonds. The van der Waals surface area contributed by atoms with Crippen LogP contribution in [0.25, 0.3) is 0 Å². The molecule has 0 aliphatic carbocycles. The van der Waals surface area contributed by atoms with Gasteiger partial charge in [-0.1, -0.05) is 6.07 Å². The summed E-state index contributed by atoms with van der Waals surface area (Å²) in [6.45, 7) is 1.79. The summed E-state index contributed by atoms with van der Waals surface area (Å²) >= 11 is 0. The lowest BCUT2D eigenvalue weighted by Gasteiger charge is -2.06. The fourth-order valence-corrected chi connectivity index (χ4v) is 1.51. The van der Waals surface area contributed by atoms with Gasteiger partial charge in [0, 0.05) is 6.20 Å². The number of aromatic nitrogens is 2. The topological polar surface area (TPSA) is 92.2 Å². The van der Waals surface area contributed by atoms with Gasteiger partial charge in [0.25, 0.3) is 5.91 Å². The quantitative estimate of drug-likeness (QED) is 0.873. The number of rotatable bonds is 3. The number of anilines is 1. The van der Waals surface area contributed by atoms with Gasteiger partial charge < -0.3 is 10.4 Å². The van der Waals surface area contributed by atoms with Gasteiger partial charge in [0.2, 0.25) is 0 Å². The molecule has 0 saturated carbocycles. The van der Waals surface area contributed by atoms with Crippen molar-refractivity contribution in [2.75, 3.05) is 5.32 Å². The van der Waals surface area contributed by atoms with Crippen molar-refractivity contribution in [1.29, 1.82) is 0 Å². The Morgan fingerprint density at radius 1 is 1.21 bits per heavy atom. The molecule has 0 fully saturated rings. The molecule has 6 heteroatoms. The van der Waals surface area contributed by atoms with Crippen LogP contribution in [0.3, 0.4) is 0 Å². The fraction of sp³-hybridized carbons (Fsp3) is 0.0769. The van der Waals surface area contributed by atoms with Gasteiger partial charge in [-0.15, -0.1) is 0 Å². The number of nitrogens with zero attached hydrogens (tertiary/aromatic N) is 2. The summed E-state index contributed by atoms with van der Waals surface area (Å²) in [5, 5.41) is 11.3. The van der Waals surface area contributed by atoms with Gasteiger partial charge in [-0.05, 0) is 30.7 Å². The van der Waals surface area contributed by atoms with Crippen molar-refractivity contribution in [2.45, 2.75) is 6.92 Å². The molecular weight excluding hydrogens is 246 g/mol. The Bertz CT molecular complexity index is 623. The highest BCUT2D eigenvalue weighted by Crippen LogP contribution is 2.10. The summed E-state index contributed by atoms with van der Waals surface area (Å²) in [5.41, 5.74) is 1.42. The number of carbonyl (C=O) groups is 2. The molecule has 2 rings (SSSR count). The fourth-order valence-electron chi connectivity index (χ4n) is 1.51. The molecule has 6 nitrogen and oxygen atoms in total. The summed E-state index contributed by atoms with van der Waals surface area (Å²) in [6.07, 6.45) is 2.83. The Labute approximate surface area is 109 Å². The molecule has 2 heterocycles. The number of pyridine rings is 2. The Kier molecular flexibility index (Phi) is 3.51. The molecule has 19 heavy (non-hydrogen) atoms. The van der Waals surface area contributed by atoms with Crippen molar-refractivity contribution >= 4 is 17.6 Å². The first-order chi connectivity index (χ1) is 9.08. The minimum Gasteiger partial charge on any atom is -0.477 e. The number of carboxylic acids is 1. The van der Waals surface area contributed by atoms with Crippen LogP contribution in [0.15, 0.2) is 36.7 Å². The number of amides is 1. The van der Waals surface area contributed by atoms with Crippen LogP contribution in [-0.4, -0.2) is 27.0 Å². The van der Waals surface area contributed by atoms with E-state index in [-0.39, 0.29) is 11.6 Å². The van der Waals surface area contributed by atoms with Gasteiger partial charge in [-0.3, -0.25) is 9.78 Å². The minimum atomic E-state index is -1.11. The van der Waals surface area contributed by atoms with Gasteiger partial charge in [0.15, 0.2) is 0 Å². The second kappa shape index (κ2) is 5.26. The standard InChI is InChI=1S/C13H11N3O3/c1-8-3-2-6-14-11(8)12(17)16-9-4-5-10(13(18)19)15-7-9/h2-7H,1H3,(H,16,17)(H,18,19). The van der Waals surface area contributed by atoms with Gasteiger partial charge in [-0.2, -0.15) is 0 Å². The molecule has 0 aliphatic heterocycles. The number of aromatic carboxylic acids is 1. The molecule has 0 aliphatic rings. The summed E-state index contributed by atoms with van der Waals surface area (Å²) in [4.78, 5) is 30.3. The van der Waals surface area contributed by atoms with Gasteiger partial charge in [0.1, 0.15) is 11.4 Å². The molecule has 0 atom stereocenters. The first-order valence-corrected chi connectivity index (χ1v) is 5.50. The second-order valence-electron chi connectivity index (χ2n) is 3.86. The lowest BCUT2D eigenvalue weighted by Crippen LogP contribution is -2.15. The number of carboxylic acid groups (broad SMARTS) is 1. The Balaban J connectivity index is 2.15. The summed E-state index contributed by atoms with van der Waals surface area (Å²) in [5.74, 6) is -1.47. The van der Waals surface area contributed by atoms with Crippen LogP contribution in [0, 0.1) is 6.92 Å². The van der Waals surface area contributed by atoms with Crippen LogP contribution in [0.1, 0.15) is 26.5 Å². The van der Waals surface area contributed by atoms with Gasteiger partial charge in [0.05, 0.1) is 11.9 Å². The van der Waals surface area contributed by atoms with Gasteiger partial charge in [-0.25, -0.2) is 9.78 Å². The van der Waals surface area contributed by atoms with Crippen molar-refractivity contribution < 1.29 is 14.7 Å². The van der Waals surface area contributed by atoms with Crippen molar-refractivity contribution in [3.8, 4) is 0 Å². The van der Waals surface area contributed by atoms with E-state index in [0.717, 1.165) is 5.56 Å². The third-order valence-electron chi connectivity index (χ3n) is 2.46. The molecule has 0 bridgehead atoms. The number of nitrogens with one attached hydrogen (secondary N) is 1. The largest absolute Gasteiger partial charge is 0.477 e. The van der Waals surface area contributed by atoms with Crippen molar-refractivity contribution in [3.05, 3.63) is 53.6 Å². The lowest BCUT2D eigenvalue weighted by molar-refractivity contribution is 0.0690. The highest BCUT2D eigenvalue weighted by atomic mass is 16.4. The van der Waals surface area contributed by atoms with Crippen molar-refractivity contribution in [2.24, 2.45) is 0 Å². The predicted molar refractivity (Wildman–Crippen MR) is 68.1 cm³/mol. The third-order valence-corrected chi connectivity index (χ3v) is 2.46. The summed E-state index contributed by atoms with van der Waals surface area (Å²) < 4.78 is 0. The van der Waals surface area contributed by atoms with Crippen LogP contribution in [0.5, 0.6) is 0 Å². The van der Waals surface area contributed by atoms with E-state index in [0.29, 0.717) is 11.4 Å².